The van der Waals surface area contributed by atoms with Gasteiger partial charge < -0.3 is 9.88 Å². The number of hydrogen-bond acceptors (Lipinski definition) is 5. The number of anilines is 1. The van der Waals surface area contributed by atoms with E-state index in [9.17, 15) is 4.79 Å². The molecule has 28 heavy (non-hydrogen) atoms. The van der Waals surface area contributed by atoms with Crippen molar-refractivity contribution in [1.29, 1.82) is 0 Å². The van der Waals surface area contributed by atoms with Gasteiger partial charge in [-0.3, -0.25) is 9.69 Å². The normalized spacial score (nSPS) is 16.2. The summed E-state index contributed by atoms with van der Waals surface area (Å²) in [6, 6.07) is 5.28. The van der Waals surface area contributed by atoms with Crippen LogP contribution >= 0.6 is 11.6 Å². The number of carbonyl (C=O) groups is 1. The van der Waals surface area contributed by atoms with Crippen LogP contribution in [0, 0.1) is 5.92 Å². The highest BCUT2D eigenvalue weighted by molar-refractivity contribution is 6.31. The van der Waals surface area contributed by atoms with Crippen LogP contribution in [0.1, 0.15) is 12.2 Å². The van der Waals surface area contributed by atoms with Crippen LogP contribution in [0.25, 0.3) is 5.69 Å². The minimum atomic E-state index is -0.0940. The molecule has 0 saturated carbocycles. The summed E-state index contributed by atoms with van der Waals surface area (Å²) in [5, 5.41) is 7.62. The summed E-state index contributed by atoms with van der Waals surface area (Å²) in [7, 11) is 1.97. The monoisotopic (exact) mass is 399 g/mol. The fourth-order valence-electron chi connectivity index (χ4n) is 3.65. The zero-order chi connectivity index (χ0) is 19.5. The van der Waals surface area contributed by atoms with Crippen molar-refractivity contribution in [3.63, 3.8) is 0 Å². The Morgan fingerprint density at radius 1 is 1.43 bits per heavy atom. The van der Waals surface area contributed by atoms with Gasteiger partial charge in [0, 0.05) is 36.9 Å². The van der Waals surface area contributed by atoms with Gasteiger partial charge in [-0.1, -0.05) is 11.6 Å². The molecule has 9 heteroatoms. The van der Waals surface area contributed by atoms with Crippen LogP contribution in [0.4, 0.5) is 5.69 Å². The predicted molar refractivity (Wildman–Crippen MR) is 107 cm³/mol. The van der Waals surface area contributed by atoms with Crippen LogP contribution < -0.4 is 5.32 Å². The SMILES string of the molecule is CN(CC(=O)Nc1cc(Cl)ccc1-n1cncn1)C[C@@H]1CCn2ccnc2C1. The fourth-order valence-corrected chi connectivity index (χ4v) is 3.82. The third-order valence-electron chi connectivity index (χ3n) is 4.93. The lowest BCUT2D eigenvalue weighted by Gasteiger charge is -2.27. The van der Waals surface area contributed by atoms with Crippen LogP contribution in [-0.2, 0) is 17.8 Å². The molecule has 3 heterocycles. The summed E-state index contributed by atoms with van der Waals surface area (Å²) in [5.41, 5.74) is 1.33. The van der Waals surface area contributed by atoms with Crippen molar-refractivity contribution in [2.24, 2.45) is 5.92 Å². The standard InChI is InChI=1S/C19H22ClN7O/c1-25(10-14-4-6-26-7-5-22-18(26)8-14)11-19(28)24-16-9-15(20)2-3-17(16)27-13-21-12-23-27/h2-3,5,7,9,12-14H,4,6,8,10-11H2,1H3,(H,24,28)/t14-/m1/s1. The molecule has 1 aromatic carbocycles. The second kappa shape index (κ2) is 8.12. The molecule has 0 saturated heterocycles. The lowest BCUT2D eigenvalue weighted by molar-refractivity contribution is -0.117. The van der Waals surface area contributed by atoms with E-state index in [0.29, 0.717) is 23.2 Å². The molecule has 4 rings (SSSR count). The first-order valence-electron chi connectivity index (χ1n) is 9.21. The molecular weight excluding hydrogens is 378 g/mol. The number of fused-ring (bicyclic) bond motifs is 1. The molecule has 3 aromatic rings. The second-order valence-electron chi connectivity index (χ2n) is 7.14. The second-order valence-corrected chi connectivity index (χ2v) is 7.58. The first kappa shape index (κ1) is 18.6. The van der Waals surface area contributed by atoms with E-state index in [1.165, 1.54) is 6.33 Å². The van der Waals surface area contributed by atoms with Crippen molar-refractivity contribution in [3.8, 4) is 5.69 Å². The van der Waals surface area contributed by atoms with Gasteiger partial charge in [0.25, 0.3) is 0 Å². The van der Waals surface area contributed by atoms with Crippen LogP contribution in [-0.4, -0.2) is 55.3 Å². The number of aryl methyl sites for hydroxylation is 1. The molecule has 1 aliphatic heterocycles. The van der Waals surface area contributed by atoms with E-state index in [2.05, 4.69) is 29.9 Å². The van der Waals surface area contributed by atoms with E-state index in [1.54, 1.807) is 29.2 Å². The van der Waals surface area contributed by atoms with E-state index in [4.69, 9.17) is 11.6 Å². The van der Waals surface area contributed by atoms with Gasteiger partial charge in [-0.15, -0.1) is 0 Å². The number of carbonyl (C=O) groups excluding carboxylic acids is 1. The van der Waals surface area contributed by atoms with E-state index < -0.39 is 0 Å². The molecule has 0 bridgehead atoms. The highest BCUT2D eigenvalue weighted by atomic mass is 35.5. The zero-order valence-electron chi connectivity index (χ0n) is 15.6. The maximum Gasteiger partial charge on any atom is 0.238 e. The Morgan fingerprint density at radius 2 is 2.32 bits per heavy atom. The lowest BCUT2D eigenvalue weighted by Crippen LogP contribution is -2.36. The summed E-state index contributed by atoms with van der Waals surface area (Å²) in [4.78, 5) is 23.0. The van der Waals surface area contributed by atoms with E-state index in [1.807, 2.05) is 19.4 Å². The minimum absolute atomic E-state index is 0.0940. The van der Waals surface area contributed by atoms with Gasteiger partial charge in [-0.2, -0.15) is 5.10 Å². The average Bonchev–Trinajstić information content (AvgIpc) is 3.32. The van der Waals surface area contributed by atoms with E-state index >= 15 is 0 Å². The summed E-state index contributed by atoms with van der Waals surface area (Å²) in [6.07, 6.45) is 8.96. The number of benzene rings is 1. The Labute approximate surface area is 168 Å². The van der Waals surface area contributed by atoms with Crippen molar-refractivity contribution in [1.82, 2.24) is 29.2 Å². The maximum atomic E-state index is 12.6. The molecular formula is C19H22ClN7O. The van der Waals surface area contributed by atoms with Crippen molar-refractivity contribution >= 4 is 23.2 Å². The molecule has 0 aliphatic carbocycles. The van der Waals surface area contributed by atoms with E-state index in [-0.39, 0.29) is 5.91 Å². The molecule has 8 nitrogen and oxygen atoms in total. The van der Waals surface area contributed by atoms with Crippen molar-refractivity contribution < 1.29 is 4.79 Å². The average molecular weight is 400 g/mol. The smallest absolute Gasteiger partial charge is 0.238 e. The third kappa shape index (κ3) is 4.23. The lowest BCUT2D eigenvalue weighted by atomic mass is 9.97. The number of nitrogens with one attached hydrogen (secondary N) is 1. The topological polar surface area (TPSA) is 80.9 Å². The fraction of sp³-hybridized carbons (Fsp3) is 0.368. The summed E-state index contributed by atoms with van der Waals surface area (Å²) in [5.74, 6) is 1.54. The Bertz CT molecular complexity index is 953. The molecule has 0 spiro atoms. The molecule has 0 radical (unpaired) electrons. The third-order valence-corrected chi connectivity index (χ3v) is 5.17. The molecule has 0 fully saturated rings. The van der Waals surface area contributed by atoms with Crippen molar-refractivity contribution in [2.75, 3.05) is 25.5 Å². The number of amides is 1. The molecule has 146 valence electrons. The first-order chi connectivity index (χ1) is 13.6. The molecule has 1 aliphatic rings. The van der Waals surface area contributed by atoms with Gasteiger partial charge in [-0.25, -0.2) is 14.6 Å². The van der Waals surface area contributed by atoms with Gasteiger partial charge in [0.05, 0.1) is 17.9 Å². The van der Waals surface area contributed by atoms with Gasteiger partial charge in [-0.05, 0) is 37.6 Å². The van der Waals surface area contributed by atoms with Gasteiger partial charge >= 0.3 is 0 Å². The highest BCUT2D eigenvalue weighted by Crippen LogP contribution is 2.24. The van der Waals surface area contributed by atoms with Crippen LogP contribution in [0.3, 0.4) is 0 Å². The summed E-state index contributed by atoms with van der Waals surface area (Å²) in [6.45, 7) is 2.14. The van der Waals surface area contributed by atoms with Crippen LogP contribution in [0.2, 0.25) is 5.02 Å². The van der Waals surface area contributed by atoms with Crippen LogP contribution in [0.5, 0.6) is 0 Å². The van der Waals surface area contributed by atoms with Crippen molar-refractivity contribution in [2.45, 2.75) is 19.4 Å². The Kier molecular flexibility index (Phi) is 5.40. The molecule has 2 aromatic heterocycles. The number of imidazole rings is 1. The zero-order valence-corrected chi connectivity index (χ0v) is 16.4. The quantitative estimate of drug-likeness (QED) is 0.687. The molecule has 1 atom stereocenters. The molecule has 1 N–H and O–H groups in total. The summed E-state index contributed by atoms with van der Waals surface area (Å²) >= 11 is 6.11. The maximum absolute atomic E-state index is 12.6. The number of hydrogen-bond donors (Lipinski definition) is 1. The van der Waals surface area contributed by atoms with E-state index in [0.717, 1.165) is 37.4 Å². The number of nitrogens with zero attached hydrogens (tertiary/aromatic N) is 6. The predicted octanol–water partition coefficient (Wildman–Crippen LogP) is 2.25. The van der Waals surface area contributed by atoms with Crippen molar-refractivity contribution in [3.05, 3.63) is 54.1 Å². The van der Waals surface area contributed by atoms with Gasteiger partial charge in [0.2, 0.25) is 5.91 Å². The Balaban J connectivity index is 1.36. The largest absolute Gasteiger partial charge is 0.335 e. The molecule has 0 unspecified atom stereocenters. The number of likely N-dealkylation sites (N-methyl/N-ethyl adjacent to an activating group) is 1. The van der Waals surface area contributed by atoms with Gasteiger partial charge in [0.1, 0.15) is 18.5 Å². The first-order valence-corrected chi connectivity index (χ1v) is 9.59. The number of halogens is 1. The van der Waals surface area contributed by atoms with Gasteiger partial charge in [0.15, 0.2) is 0 Å². The highest BCUT2D eigenvalue weighted by Gasteiger charge is 2.21. The van der Waals surface area contributed by atoms with Crippen LogP contribution in [0.15, 0.2) is 43.2 Å². The minimum Gasteiger partial charge on any atom is -0.335 e. The molecule has 1 amide bonds. The number of aromatic nitrogens is 5. The Morgan fingerprint density at radius 3 is 3.14 bits per heavy atom. The summed E-state index contributed by atoms with van der Waals surface area (Å²) < 4.78 is 3.80. The Hall–Kier alpha value is -2.71. The number of rotatable bonds is 6.